The molecule has 1 aromatic heterocycles. The number of aromatic nitrogens is 3. The van der Waals surface area contributed by atoms with E-state index in [1.165, 1.54) is 24.0 Å². The Balaban J connectivity index is 1.76. The second-order valence-corrected chi connectivity index (χ2v) is 7.34. The molecule has 21 heavy (non-hydrogen) atoms. The number of hydrogen-bond donors (Lipinski definition) is 0. The van der Waals surface area contributed by atoms with Crippen LogP contribution in [0.2, 0.25) is 0 Å². The lowest BCUT2D eigenvalue weighted by atomic mass is 9.82. The summed E-state index contributed by atoms with van der Waals surface area (Å²) in [5.41, 5.74) is 2.93. The molecule has 3 rings (SSSR count). The minimum atomic E-state index is 0.423. The highest BCUT2D eigenvalue weighted by Gasteiger charge is 2.28. The van der Waals surface area contributed by atoms with Crippen LogP contribution in [0.25, 0.3) is 0 Å². The van der Waals surface area contributed by atoms with Crippen molar-refractivity contribution in [2.45, 2.75) is 44.5 Å². The van der Waals surface area contributed by atoms with Crippen molar-refractivity contribution in [1.82, 2.24) is 14.8 Å². The largest absolute Gasteiger partial charge is 0.250 e. The summed E-state index contributed by atoms with van der Waals surface area (Å²) >= 11 is 3.92. The Hall–Kier alpha value is -1.16. The Bertz CT molecular complexity index is 606. The zero-order chi connectivity index (χ0) is 14.8. The molecular formula is C17H22BrN3. The minimum Gasteiger partial charge on any atom is -0.250 e. The van der Waals surface area contributed by atoms with Gasteiger partial charge in [-0.25, -0.2) is 9.67 Å². The van der Waals surface area contributed by atoms with E-state index >= 15 is 0 Å². The van der Waals surface area contributed by atoms with Gasteiger partial charge in [0.15, 0.2) is 0 Å². The first-order valence-corrected chi connectivity index (χ1v) is 8.65. The van der Waals surface area contributed by atoms with Crippen LogP contribution in [0.4, 0.5) is 0 Å². The summed E-state index contributed by atoms with van der Waals surface area (Å²) in [6, 6.07) is 8.77. The van der Waals surface area contributed by atoms with E-state index < -0.39 is 0 Å². The minimum absolute atomic E-state index is 0.423. The molecule has 0 N–H and O–H groups in total. The highest BCUT2D eigenvalue weighted by atomic mass is 79.9. The van der Waals surface area contributed by atoms with E-state index in [1.807, 2.05) is 0 Å². The SMILES string of the molecule is CC(C)Cn1ncnc1CC1CCc2ccccc2C1Br. The number of alkyl halides is 1. The van der Waals surface area contributed by atoms with Gasteiger partial charge in [0.25, 0.3) is 0 Å². The maximum atomic E-state index is 4.48. The number of aryl methyl sites for hydroxylation is 1. The average molecular weight is 348 g/mol. The Morgan fingerprint density at radius 2 is 2.14 bits per heavy atom. The van der Waals surface area contributed by atoms with Crippen LogP contribution in [-0.2, 0) is 19.4 Å². The van der Waals surface area contributed by atoms with Gasteiger partial charge in [0.2, 0.25) is 0 Å². The van der Waals surface area contributed by atoms with E-state index in [0.717, 1.165) is 18.8 Å². The Morgan fingerprint density at radius 3 is 2.95 bits per heavy atom. The van der Waals surface area contributed by atoms with Gasteiger partial charge in [-0.2, -0.15) is 5.10 Å². The summed E-state index contributed by atoms with van der Waals surface area (Å²) in [4.78, 5) is 4.91. The molecule has 0 aliphatic heterocycles. The fourth-order valence-corrected chi connectivity index (χ4v) is 4.05. The number of benzene rings is 1. The number of hydrogen-bond acceptors (Lipinski definition) is 2. The normalized spacial score (nSPS) is 21.5. The van der Waals surface area contributed by atoms with E-state index in [2.05, 4.69) is 68.8 Å². The third-order valence-corrected chi connectivity index (χ3v) is 5.47. The maximum absolute atomic E-state index is 4.48. The van der Waals surface area contributed by atoms with E-state index in [-0.39, 0.29) is 0 Å². The van der Waals surface area contributed by atoms with Crippen molar-refractivity contribution in [3.05, 3.63) is 47.5 Å². The summed E-state index contributed by atoms with van der Waals surface area (Å²) in [5.74, 6) is 2.31. The van der Waals surface area contributed by atoms with Crippen molar-refractivity contribution < 1.29 is 0 Å². The van der Waals surface area contributed by atoms with Crippen molar-refractivity contribution in [3.8, 4) is 0 Å². The first-order chi connectivity index (χ1) is 10.1. The van der Waals surface area contributed by atoms with Gasteiger partial charge in [-0.1, -0.05) is 54.0 Å². The second-order valence-electron chi connectivity index (χ2n) is 6.36. The molecule has 0 saturated carbocycles. The predicted molar refractivity (Wildman–Crippen MR) is 88.5 cm³/mol. The molecular weight excluding hydrogens is 326 g/mol. The van der Waals surface area contributed by atoms with E-state index in [9.17, 15) is 0 Å². The van der Waals surface area contributed by atoms with Crippen LogP contribution < -0.4 is 0 Å². The lowest BCUT2D eigenvalue weighted by Crippen LogP contribution is -2.21. The Morgan fingerprint density at radius 1 is 1.33 bits per heavy atom. The van der Waals surface area contributed by atoms with E-state index in [0.29, 0.717) is 16.7 Å². The lowest BCUT2D eigenvalue weighted by Gasteiger charge is -2.29. The van der Waals surface area contributed by atoms with Crippen molar-refractivity contribution >= 4 is 15.9 Å². The summed E-state index contributed by atoms with van der Waals surface area (Å²) in [6.07, 6.45) is 5.07. The molecule has 0 radical (unpaired) electrons. The predicted octanol–water partition coefficient (Wildman–Crippen LogP) is 4.18. The van der Waals surface area contributed by atoms with Gasteiger partial charge in [-0.15, -0.1) is 0 Å². The maximum Gasteiger partial charge on any atom is 0.138 e. The molecule has 1 aromatic carbocycles. The third kappa shape index (κ3) is 3.20. The molecule has 1 aliphatic rings. The highest BCUT2D eigenvalue weighted by Crippen LogP contribution is 2.41. The van der Waals surface area contributed by atoms with Crippen LogP contribution in [-0.4, -0.2) is 14.8 Å². The number of fused-ring (bicyclic) bond motifs is 1. The summed E-state index contributed by atoms with van der Waals surface area (Å²) in [6.45, 7) is 5.39. The Kier molecular flexibility index (Phi) is 4.43. The van der Waals surface area contributed by atoms with Crippen LogP contribution >= 0.6 is 15.9 Å². The molecule has 2 unspecified atom stereocenters. The van der Waals surface area contributed by atoms with Crippen LogP contribution in [0.15, 0.2) is 30.6 Å². The van der Waals surface area contributed by atoms with Gasteiger partial charge >= 0.3 is 0 Å². The van der Waals surface area contributed by atoms with Gasteiger partial charge in [-0.3, -0.25) is 0 Å². The first kappa shape index (κ1) is 14.8. The van der Waals surface area contributed by atoms with E-state index in [4.69, 9.17) is 0 Å². The molecule has 4 heteroatoms. The van der Waals surface area contributed by atoms with Crippen LogP contribution in [0.5, 0.6) is 0 Å². The van der Waals surface area contributed by atoms with Gasteiger partial charge in [0.1, 0.15) is 12.2 Å². The molecule has 1 heterocycles. The quantitative estimate of drug-likeness (QED) is 0.777. The highest BCUT2D eigenvalue weighted by molar-refractivity contribution is 9.09. The first-order valence-electron chi connectivity index (χ1n) is 7.73. The summed E-state index contributed by atoms with van der Waals surface area (Å²) < 4.78 is 2.07. The second kappa shape index (κ2) is 6.30. The smallest absolute Gasteiger partial charge is 0.138 e. The number of nitrogens with zero attached hydrogens (tertiary/aromatic N) is 3. The molecule has 2 aromatic rings. The van der Waals surface area contributed by atoms with E-state index in [1.54, 1.807) is 6.33 Å². The molecule has 0 saturated heterocycles. The summed E-state index contributed by atoms with van der Waals surface area (Å²) in [5, 5.41) is 4.38. The van der Waals surface area contributed by atoms with Gasteiger partial charge in [-0.05, 0) is 35.8 Å². The van der Waals surface area contributed by atoms with Gasteiger partial charge < -0.3 is 0 Å². The van der Waals surface area contributed by atoms with Crippen molar-refractivity contribution in [2.24, 2.45) is 11.8 Å². The standard InChI is InChI=1S/C17H22BrN3/c1-12(2)10-21-16(19-11-20-21)9-14-8-7-13-5-3-4-6-15(13)17(14)18/h3-6,11-12,14,17H,7-10H2,1-2H3. The fraction of sp³-hybridized carbons (Fsp3) is 0.529. The topological polar surface area (TPSA) is 30.7 Å². The molecule has 112 valence electrons. The van der Waals surface area contributed by atoms with Gasteiger partial charge in [0, 0.05) is 17.8 Å². The molecule has 1 aliphatic carbocycles. The van der Waals surface area contributed by atoms with Crippen molar-refractivity contribution in [1.29, 1.82) is 0 Å². The van der Waals surface area contributed by atoms with Crippen LogP contribution in [0.3, 0.4) is 0 Å². The zero-order valence-corrected chi connectivity index (χ0v) is 14.3. The zero-order valence-electron chi connectivity index (χ0n) is 12.7. The molecule has 2 atom stereocenters. The van der Waals surface area contributed by atoms with Crippen molar-refractivity contribution in [3.63, 3.8) is 0 Å². The lowest BCUT2D eigenvalue weighted by molar-refractivity contribution is 0.409. The molecule has 3 nitrogen and oxygen atoms in total. The molecule has 0 bridgehead atoms. The number of halogens is 1. The fourth-order valence-electron chi connectivity index (χ4n) is 3.16. The van der Waals surface area contributed by atoms with Crippen LogP contribution in [0, 0.1) is 11.8 Å². The monoisotopic (exact) mass is 347 g/mol. The third-order valence-electron chi connectivity index (χ3n) is 4.23. The number of rotatable bonds is 4. The molecule has 0 spiro atoms. The summed E-state index contributed by atoms with van der Waals surface area (Å²) in [7, 11) is 0. The van der Waals surface area contributed by atoms with Crippen molar-refractivity contribution in [2.75, 3.05) is 0 Å². The van der Waals surface area contributed by atoms with Gasteiger partial charge in [0.05, 0.1) is 0 Å². The molecule has 0 amide bonds. The molecule has 0 fully saturated rings. The average Bonchev–Trinajstić information content (AvgIpc) is 2.89. The van der Waals surface area contributed by atoms with Crippen LogP contribution in [0.1, 0.15) is 42.0 Å². The Labute approximate surface area is 134 Å².